The van der Waals surface area contributed by atoms with Crippen LogP contribution in [-0.2, 0) is 4.79 Å². The number of pyridine rings is 1. The maximum atomic E-state index is 12.2. The summed E-state index contributed by atoms with van der Waals surface area (Å²) in [5.41, 5.74) is 0.458. The fourth-order valence-corrected chi connectivity index (χ4v) is 2.25. The molecule has 0 aromatic carbocycles. The van der Waals surface area contributed by atoms with Gasteiger partial charge in [-0.05, 0) is 12.5 Å². The van der Waals surface area contributed by atoms with Crippen molar-refractivity contribution < 1.29 is 9.59 Å². The molecule has 2 rings (SSSR count). The lowest BCUT2D eigenvalue weighted by Gasteiger charge is -2.16. The van der Waals surface area contributed by atoms with Gasteiger partial charge in [-0.15, -0.1) is 0 Å². The van der Waals surface area contributed by atoms with Crippen LogP contribution in [-0.4, -0.2) is 41.8 Å². The highest BCUT2D eigenvalue weighted by Gasteiger charge is 2.30. The second kappa shape index (κ2) is 5.35. The molecule has 0 saturated carbocycles. The molecule has 1 saturated heterocycles. The molecule has 1 unspecified atom stereocenters. The molecule has 1 aliphatic rings. The van der Waals surface area contributed by atoms with Crippen molar-refractivity contribution in [2.75, 3.05) is 20.1 Å². The Hall–Kier alpha value is -1.62. The molecule has 2 amide bonds. The van der Waals surface area contributed by atoms with Crippen molar-refractivity contribution in [2.24, 2.45) is 5.92 Å². The number of hydrogen-bond acceptors (Lipinski definition) is 3. The molecule has 0 radical (unpaired) electrons. The minimum atomic E-state index is -0.128. The maximum Gasteiger partial charge on any atom is 0.255 e. The van der Waals surface area contributed by atoms with Gasteiger partial charge in [-0.1, -0.05) is 11.6 Å². The lowest BCUT2D eigenvalue weighted by molar-refractivity contribution is -0.124. The minimum Gasteiger partial charge on any atom is -0.359 e. The normalized spacial score (nSPS) is 18.8. The summed E-state index contributed by atoms with van der Waals surface area (Å²) in [5.74, 6) is -0.267. The van der Waals surface area contributed by atoms with Gasteiger partial charge in [0.25, 0.3) is 5.91 Å². The lowest BCUT2D eigenvalue weighted by Crippen LogP contribution is -2.33. The third-order valence-electron chi connectivity index (χ3n) is 3.04. The number of amides is 2. The van der Waals surface area contributed by atoms with Crippen LogP contribution < -0.4 is 5.32 Å². The standard InChI is InChI=1S/C12H14ClN3O2/c1-14-11(17)8-2-3-16(7-8)12(18)9-4-10(13)6-15-5-9/h4-6,8H,2-3,7H2,1H3,(H,14,17). The number of nitrogens with one attached hydrogen (secondary N) is 1. The molecule has 2 heterocycles. The molecular formula is C12H14ClN3O2. The van der Waals surface area contributed by atoms with E-state index in [0.29, 0.717) is 30.1 Å². The van der Waals surface area contributed by atoms with Crippen LogP contribution in [0.2, 0.25) is 5.02 Å². The van der Waals surface area contributed by atoms with Crippen LogP contribution >= 0.6 is 11.6 Å². The predicted molar refractivity (Wildman–Crippen MR) is 67.3 cm³/mol. The van der Waals surface area contributed by atoms with Gasteiger partial charge in [0.2, 0.25) is 5.91 Å². The summed E-state index contributed by atoms with van der Waals surface area (Å²) in [7, 11) is 1.60. The molecule has 1 N–H and O–H groups in total. The lowest BCUT2D eigenvalue weighted by atomic mass is 10.1. The first-order chi connectivity index (χ1) is 8.61. The molecular weight excluding hydrogens is 254 g/mol. The highest BCUT2D eigenvalue weighted by Crippen LogP contribution is 2.19. The Balaban J connectivity index is 2.06. The van der Waals surface area contributed by atoms with Crippen molar-refractivity contribution in [3.8, 4) is 0 Å². The van der Waals surface area contributed by atoms with Gasteiger partial charge in [0, 0.05) is 32.5 Å². The summed E-state index contributed by atoms with van der Waals surface area (Å²) < 4.78 is 0. The van der Waals surface area contributed by atoms with E-state index >= 15 is 0 Å². The van der Waals surface area contributed by atoms with Crippen LogP contribution in [0, 0.1) is 5.92 Å². The van der Waals surface area contributed by atoms with E-state index in [-0.39, 0.29) is 17.7 Å². The molecule has 1 aromatic heterocycles. The number of likely N-dealkylation sites (tertiary alicyclic amines) is 1. The van der Waals surface area contributed by atoms with Crippen LogP contribution in [0.1, 0.15) is 16.8 Å². The summed E-state index contributed by atoms with van der Waals surface area (Å²) in [5, 5.41) is 3.04. The van der Waals surface area contributed by atoms with Crippen molar-refractivity contribution in [1.82, 2.24) is 15.2 Å². The summed E-state index contributed by atoms with van der Waals surface area (Å²) in [6.45, 7) is 1.04. The van der Waals surface area contributed by atoms with Gasteiger partial charge in [0.05, 0.1) is 16.5 Å². The van der Waals surface area contributed by atoms with Gasteiger partial charge in [-0.2, -0.15) is 0 Å². The molecule has 18 heavy (non-hydrogen) atoms. The van der Waals surface area contributed by atoms with E-state index < -0.39 is 0 Å². The van der Waals surface area contributed by atoms with Crippen LogP contribution in [0.3, 0.4) is 0 Å². The Morgan fingerprint density at radius 2 is 2.28 bits per heavy atom. The van der Waals surface area contributed by atoms with E-state index in [1.165, 1.54) is 12.4 Å². The Labute approximate surface area is 110 Å². The number of carbonyl (C=O) groups excluding carboxylic acids is 2. The molecule has 1 atom stereocenters. The minimum absolute atomic E-state index is 0.0190. The largest absolute Gasteiger partial charge is 0.359 e. The first kappa shape index (κ1) is 12.8. The quantitative estimate of drug-likeness (QED) is 0.868. The zero-order valence-corrected chi connectivity index (χ0v) is 10.8. The molecule has 96 valence electrons. The topological polar surface area (TPSA) is 62.3 Å². The molecule has 5 nitrogen and oxygen atoms in total. The average Bonchev–Trinajstić information content (AvgIpc) is 2.86. The van der Waals surface area contributed by atoms with Crippen molar-refractivity contribution in [2.45, 2.75) is 6.42 Å². The third-order valence-corrected chi connectivity index (χ3v) is 3.25. The average molecular weight is 268 g/mol. The number of aromatic nitrogens is 1. The van der Waals surface area contributed by atoms with Crippen molar-refractivity contribution in [3.05, 3.63) is 29.0 Å². The summed E-state index contributed by atoms with van der Waals surface area (Å²) >= 11 is 5.80. The van der Waals surface area contributed by atoms with Gasteiger partial charge in [-0.3, -0.25) is 14.6 Å². The van der Waals surface area contributed by atoms with E-state index in [9.17, 15) is 9.59 Å². The Morgan fingerprint density at radius 1 is 1.50 bits per heavy atom. The van der Waals surface area contributed by atoms with E-state index in [0.717, 1.165) is 0 Å². The Kier molecular flexibility index (Phi) is 3.81. The van der Waals surface area contributed by atoms with Crippen molar-refractivity contribution in [1.29, 1.82) is 0 Å². The smallest absolute Gasteiger partial charge is 0.255 e. The number of halogens is 1. The fraction of sp³-hybridized carbons (Fsp3) is 0.417. The van der Waals surface area contributed by atoms with E-state index in [2.05, 4.69) is 10.3 Å². The Bertz CT molecular complexity index is 478. The number of hydrogen-bond donors (Lipinski definition) is 1. The van der Waals surface area contributed by atoms with Crippen molar-refractivity contribution in [3.63, 3.8) is 0 Å². The third kappa shape index (κ3) is 2.61. The first-order valence-corrected chi connectivity index (χ1v) is 6.11. The second-order valence-electron chi connectivity index (χ2n) is 4.24. The van der Waals surface area contributed by atoms with E-state index in [1.54, 1.807) is 18.0 Å². The van der Waals surface area contributed by atoms with Crippen LogP contribution in [0.5, 0.6) is 0 Å². The Morgan fingerprint density at radius 3 is 2.94 bits per heavy atom. The maximum absolute atomic E-state index is 12.2. The van der Waals surface area contributed by atoms with Gasteiger partial charge >= 0.3 is 0 Å². The summed E-state index contributed by atoms with van der Waals surface area (Å²) in [6, 6.07) is 1.59. The number of rotatable bonds is 2. The number of nitrogens with zero attached hydrogens (tertiary/aromatic N) is 2. The molecule has 1 aliphatic heterocycles. The molecule has 0 aliphatic carbocycles. The van der Waals surface area contributed by atoms with Crippen LogP contribution in [0.15, 0.2) is 18.5 Å². The van der Waals surface area contributed by atoms with Gasteiger partial charge < -0.3 is 10.2 Å². The predicted octanol–water partition coefficient (Wildman–Crippen LogP) is 0.943. The summed E-state index contributed by atoms with van der Waals surface area (Å²) in [6.07, 6.45) is 3.66. The summed E-state index contributed by atoms with van der Waals surface area (Å²) in [4.78, 5) is 29.2. The molecule has 1 fully saturated rings. The first-order valence-electron chi connectivity index (χ1n) is 5.73. The van der Waals surface area contributed by atoms with Gasteiger partial charge in [-0.25, -0.2) is 0 Å². The highest BCUT2D eigenvalue weighted by molar-refractivity contribution is 6.30. The van der Waals surface area contributed by atoms with Crippen LogP contribution in [0.25, 0.3) is 0 Å². The second-order valence-corrected chi connectivity index (χ2v) is 4.68. The number of carbonyl (C=O) groups is 2. The van der Waals surface area contributed by atoms with Gasteiger partial charge in [0.1, 0.15) is 0 Å². The van der Waals surface area contributed by atoms with Gasteiger partial charge in [0.15, 0.2) is 0 Å². The molecule has 1 aromatic rings. The molecule has 0 spiro atoms. The van der Waals surface area contributed by atoms with E-state index in [4.69, 9.17) is 11.6 Å². The van der Waals surface area contributed by atoms with Crippen LogP contribution in [0.4, 0.5) is 0 Å². The highest BCUT2D eigenvalue weighted by atomic mass is 35.5. The SMILES string of the molecule is CNC(=O)C1CCN(C(=O)c2cncc(Cl)c2)C1. The van der Waals surface area contributed by atoms with E-state index in [1.807, 2.05) is 0 Å². The zero-order valence-electron chi connectivity index (χ0n) is 10.0. The monoisotopic (exact) mass is 267 g/mol. The molecule has 0 bridgehead atoms. The van der Waals surface area contributed by atoms with Crippen molar-refractivity contribution >= 4 is 23.4 Å². The zero-order chi connectivity index (χ0) is 13.1. The fourth-order valence-electron chi connectivity index (χ4n) is 2.07. The molecule has 6 heteroatoms.